The van der Waals surface area contributed by atoms with Crippen LogP contribution < -0.4 is 9.64 Å². The van der Waals surface area contributed by atoms with E-state index in [4.69, 9.17) is 16.3 Å². The van der Waals surface area contributed by atoms with Gasteiger partial charge in [-0.2, -0.15) is 0 Å². The monoisotopic (exact) mass is 301 g/mol. The molecule has 0 saturated carbocycles. The molecule has 0 unspecified atom stereocenters. The summed E-state index contributed by atoms with van der Waals surface area (Å²) in [5.74, 6) is 0.383. The fourth-order valence-corrected chi connectivity index (χ4v) is 2.38. The molecule has 0 bridgehead atoms. The molecule has 2 aromatic rings. The Labute approximate surface area is 126 Å². The first-order chi connectivity index (χ1) is 10.1. The van der Waals surface area contributed by atoms with E-state index in [1.165, 1.54) is 0 Å². The van der Waals surface area contributed by atoms with Gasteiger partial charge in [0.05, 0.1) is 12.2 Å². The number of carbonyl (C=O) groups excluding carboxylic acids is 2. The molecule has 0 aliphatic carbocycles. The Bertz CT molecular complexity index is 700. The molecule has 0 N–H and O–H groups in total. The van der Waals surface area contributed by atoms with E-state index in [9.17, 15) is 9.59 Å². The Hall–Kier alpha value is -2.33. The zero-order valence-corrected chi connectivity index (χ0v) is 11.8. The minimum atomic E-state index is -0.548. The van der Waals surface area contributed by atoms with Crippen LogP contribution in [-0.2, 0) is 11.3 Å². The fraction of sp³-hybridized carbons (Fsp3) is 0.125. The van der Waals surface area contributed by atoms with E-state index in [0.29, 0.717) is 23.5 Å². The predicted octanol–water partition coefficient (Wildman–Crippen LogP) is 2.99. The van der Waals surface area contributed by atoms with Gasteiger partial charge in [-0.3, -0.25) is 9.59 Å². The second-order valence-electron chi connectivity index (χ2n) is 4.71. The van der Waals surface area contributed by atoms with Crippen LogP contribution in [0.1, 0.15) is 15.9 Å². The molecule has 1 aliphatic heterocycles. The van der Waals surface area contributed by atoms with Crippen LogP contribution in [0, 0.1) is 0 Å². The average Bonchev–Trinajstić information content (AvgIpc) is 2.50. The predicted molar refractivity (Wildman–Crippen MR) is 79.8 cm³/mol. The maximum absolute atomic E-state index is 12.1. The number of hydrogen-bond donors (Lipinski definition) is 0. The normalized spacial score (nSPS) is 13.6. The summed E-state index contributed by atoms with van der Waals surface area (Å²) < 4.78 is 5.39. The summed E-state index contributed by atoms with van der Waals surface area (Å²) in [6.07, 6.45) is 0. The Morgan fingerprint density at radius 2 is 1.95 bits per heavy atom. The maximum Gasteiger partial charge on any atom is 0.265 e. The first-order valence-corrected chi connectivity index (χ1v) is 6.84. The summed E-state index contributed by atoms with van der Waals surface area (Å²) in [5, 5.41) is -0.548. The van der Waals surface area contributed by atoms with Crippen molar-refractivity contribution in [3.05, 3.63) is 59.7 Å². The van der Waals surface area contributed by atoms with Crippen LogP contribution in [0.5, 0.6) is 5.75 Å². The van der Waals surface area contributed by atoms with Crippen molar-refractivity contribution >= 4 is 28.4 Å². The third-order valence-electron chi connectivity index (χ3n) is 3.31. The van der Waals surface area contributed by atoms with E-state index in [0.717, 1.165) is 5.56 Å². The number of carbonyl (C=O) groups is 2. The van der Waals surface area contributed by atoms with Gasteiger partial charge in [-0.25, -0.2) is 0 Å². The molecular formula is C16H12ClNO3. The van der Waals surface area contributed by atoms with Crippen molar-refractivity contribution in [1.82, 2.24) is 0 Å². The van der Waals surface area contributed by atoms with Gasteiger partial charge in [0.1, 0.15) is 5.75 Å². The number of amides is 1. The number of hydrogen-bond acceptors (Lipinski definition) is 3. The molecule has 2 aromatic carbocycles. The van der Waals surface area contributed by atoms with Crippen LogP contribution in [0.2, 0.25) is 0 Å². The molecule has 21 heavy (non-hydrogen) atoms. The highest BCUT2D eigenvalue weighted by molar-refractivity contribution is 6.67. The molecule has 1 heterocycles. The van der Waals surface area contributed by atoms with Gasteiger partial charge < -0.3 is 9.64 Å². The van der Waals surface area contributed by atoms with E-state index < -0.39 is 5.24 Å². The van der Waals surface area contributed by atoms with Crippen LogP contribution in [0.4, 0.5) is 5.69 Å². The molecular weight excluding hydrogens is 290 g/mol. The quantitative estimate of drug-likeness (QED) is 0.819. The SMILES string of the molecule is O=C(Cl)c1ccc2c(c1)OCC(=O)N2Cc1ccccc1. The summed E-state index contributed by atoms with van der Waals surface area (Å²) in [4.78, 5) is 24.9. The highest BCUT2D eigenvalue weighted by Gasteiger charge is 2.26. The lowest BCUT2D eigenvalue weighted by atomic mass is 10.1. The Morgan fingerprint density at radius 1 is 1.19 bits per heavy atom. The fourth-order valence-electron chi connectivity index (χ4n) is 2.27. The standard InChI is InChI=1S/C16H12ClNO3/c17-16(20)12-6-7-13-14(8-12)21-10-15(19)18(13)9-11-4-2-1-3-5-11/h1-8H,9-10H2. The molecule has 3 rings (SSSR count). The molecule has 0 radical (unpaired) electrons. The first-order valence-electron chi connectivity index (χ1n) is 6.46. The van der Waals surface area contributed by atoms with Crippen molar-refractivity contribution in [3.63, 3.8) is 0 Å². The number of rotatable bonds is 3. The lowest BCUT2D eigenvalue weighted by molar-refractivity contribution is -0.121. The smallest absolute Gasteiger partial charge is 0.265 e. The number of anilines is 1. The van der Waals surface area contributed by atoms with Gasteiger partial charge in [-0.15, -0.1) is 0 Å². The second kappa shape index (κ2) is 5.58. The van der Waals surface area contributed by atoms with Crippen LogP contribution >= 0.6 is 11.6 Å². The van der Waals surface area contributed by atoms with Gasteiger partial charge in [0.15, 0.2) is 6.61 Å². The summed E-state index contributed by atoms with van der Waals surface area (Å²) in [7, 11) is 0. The zero-order valence-electron chi connectivity index (χ0n) is 11.1. The zero-order chi connectivity index (χ0) is 14.8. The van der Waals surface area contributed by atoms with Crippen molar-refractivity contribution in [2.45, 2.75) is 6.54 Å². The molecule has 0 aromatic heterocycles. The Morgan fingerprint density at radius 3 is 2.67 bits per heavy atom. The molecule has 4 nitrogen and oxygen atoms in total. The van der Waals surface area contributed by atoms with Crippen LogP contribution in [-0.4, -0.2) is 17.8 Å². The molecule has 0 fully saturated rings. The van der Waals surface area contributed by atoms with E-state index in [-0.39, 0.29) is 12.5 Å². The van der Waals surface area contributed by atoms with Crippen LogP contribution in [0.15, 0.2) is 48.5 Å². The third-order valence-corrected chi connectivity index (χ3v) is 3.53. The Balaban J connectivity index is 1.95. The molecule has 1 aliphatic rings. The third kappa shape index (κ3) is 2.76. The second-order valence-corrected chi connectivity index (χ2v) is 5.05. The van der Waals surface area contributed by atoms with E-state index >= 15 is 0 Å². The van der Waals surface area contributed by atoms with Gasteiger partial charge in [0.2, 0.25) is 0 Å². The number of ether oxygens (including phenoxy) is 1. The van der Waals surface area contributed by atoms with E-state index in [2.05, 4.69) is 0 Å². The largest absolute Gasteiger partial charge is 0.482 e. The first kappa shape index (κ1) is 13.6. The summed E-state index contributed by atoms with van der Waals surface area (Å²) in [5.41, 5.74) is 2.03. The van der Waals surface area contributed by atoms with Crippen molar-refractivity contribution in [1.29, 1.82) is 0 Å². The number of halogens is 1. The van der Waals surface area contributed by atoms with Crippen LogP contribution in [0.3, 0.4) is 0 Å². The number of nitrogens with zero attached hydrogens (tertiary/aromatic N) is 1. The van der Waals surface area contributed by atoms with Crippen molar-refractivity contribution in [2.75, 3.05) is 11.5 Å². The highest BCUT2D eigenvalue weighted by atomic mass is 35.5. The van der Waals surface area contributed by atoms with Gasteiger partial charge >= 0.3 is 0 Å². The van der Waals surface area contributed by atoms with Crippen LogP contribution in [0.25, 0.3) is 0 Å². The Kier molecular flexibility index (Phi) is 3.62. The molecule has 0 saturated heterocycles. The van der Waals surface area contributed by atoms with Crippen molar-refractivity contribution in [2.24, 2.45) is 0 Å². The summed E-state index contributed by atoms with van der Waals surface area (Å²) >= 11 is 5.47. The lowest BCUT2D eigenvalue weighted by Gasteiger charge is -2.29. The summed E-state index contributed by atoms with van der Waals surface area (Å²) in [6.45, 7) is 0.421. The molecule has 0 atom stereocenters. The molecule has 5 heteroatoms. The number of benzene rings is 2. The molecule has 0 spiro atoms. The van der Waals surface area contributed by atoms with Gasteiger partial charge in [-0.1, -0.05) is 30.3 Å². The topological polar surface area (TPSA) is 46.6 Å². The highest BCUT2D eigenvalue weighted by Crippen LogP contribution is 2.34. The summed E-state index contributed by atoms with van der Waals surface area (Å²) in [6, 6.07) is 14.5. The average molecular weight is 302 g/mol. The van der Waals surface area contributed by atoms with E-state index in [1.807, 2.05) is 30.3 Å². The number of fused-ring (bicyclic) bond motifs is 1. The van der Waals surface area contributed by atoms with Crippen molar-refractivity contribution in [3.8, 4) is 5.75 Å². The minimum Gasteiger partial charge on any atom is -0.482 e. The molecule has 1 amide bonds. The van der Waals surface area contributed by atoms with Gasteiger partial charge in [-0.05, 0) is 35.4 Å². The minimum absolute atomic E-state index is 0.0419. The van der Waals surface area contributed by atoms with Gasteiger partial charge in [0.25, 0.3) is 11.1 Å². The lowest BCUT2D eigenvalue weighted by Crippen LogP contribution is -2.38. The molecule has 106 valence electrons. The van der Waals surface area contributed by atoms with E-state index in [1.54, 1.807) is 23.1 Å². The van der Waals surface area contributed by atoms with Crippen molar-refractivity contribution < 1.29 is 14.3 Å². The van der Waals surface area contributed by atoms with Gasteiger partial charge in [0, 0.05) is 5.56 Å². The maximum atomic E-state index is 12.1.